The van der Waals surface area contributed by atoms with Crippen molar-refractivity contribution in [3.63, 3.8) is 0 Å². The van der Waals surface area contributed by atoms with Crippen LogP contribution in [0, 0.1) is 6.92 Å². The summed E-state index contributed by atoms with van der Waals surface area (Å²) in [6.07, 6.45) is 9.47. The van der Waals surface area contributed by atoms with E-state index in [4.69, 9.17) is 0 Å². The van der Waals surface area contributed by atoms with Gasteiger partial charge >= 0.3 is 0 Å². The molecule has 142 valence electrons. The van der Waals surface area contributed by atoms with E-state index in [9.17, 15) is 0 Å². The van der Waals surface area contributed by atoms with Crippen LogP contribution < -0.4 is 9.80 Å². The molecule has 0 aliphatic carbocycles. The summed E-state index contributed by atoms with van der Waals surface area (Å²) in [6.45, 7) is 4.51. The molecule has 0 fully saturated rings. The zero-order valence-electron chi connectivity index (χ0n) is 16.6. The molecule has 2 aliphatic heterocycles. The fraction of sp³-hybridized carbons (Fsp3) is 0.160. The topological polar surface area (TPSA) is 24.3 Å². The Morgan fingerprint density at radius 3 is 2.41 bits per heavy atom. The van der Waals surface area contributed by atoms with Gasteiger partial charge in [0.2, 0.25) is 0 Å². The summed E-state index contributed by atoms with van der Waals surface area (Å²) in [4.78, 5) is 9.34. The average molecular weight is 378 g/mol. The molecule has 1 atom stereocenters. The van der Waals surface area contributed by atoms with E-state index in [1.807, 2.05) is 6.20 Å². The molecule has 2 aliphatic rings. The van der Waals surface area contributed by atoms with Gasteiger partial charge in [0.25, 0.3) is 0 Å². The van der Waals surface area contributed by atoms with Gasteiger partial charge in [0.1, 0.15) is 12.0 Å². The Morgan fingerprint density at radius 1 is 0.862 bits per heavy atom. The molecule has 0 unspecified atom stereocenters. The molecule has 29 heavy (non-hydrogen) atoms. The number of fused-ring (bicyclic) bond motifs is 5. The summed E-state index contributed by atoms with van der Waals surface area (Å²) in [5.41, 5.74) is 6.45. The molecule has 0 amide bonds. The summed E-state index contributed by atoms with van der Waals surface area (Å²) in [6, 6.07) is 19.3. The zero-order chi connectivity index (χ0) is 19.5. The van der Waals surface area contributed by atoms with Gasteiger partial charge in [0.15, 0.2) is 0 Å². The quantitative estimate of drug-likeness (QED) is 0.412. The van der Waals surface area contributed by atoms with E-state index in [1.165, 1.54) is 39.0 Å². The van der Waals surface area contributed by atoms with Crippen LogP contribution in [0.15, 0.2) is 79.4 Å². The molecular weight excluding hydrogens is 356 g/mol. The third kappa shape index (κ3) is 2.23. The molecule has 0 radical (unpaired) electrons. The highest BCUT2D eigenvalue weighted by Gasteiger charge is 2.33. The Morgan fingerprint density at radius 2 is 1.59 bits per heavy atom. The maximum atomic E-state index is 4.61. The van der Waals surface area contributed by atoms with Crippen LogP contribution in [-0.2, 0) is 6.42 Å². The number of anilines is 2. The largest absolute Gasteiger partial charge is 0.326 e. The van der Waals surface area contributed by atoms with E-state index in [1.54, 1.807) is 0 Å². The fourth-order valence-corrected chi connectivity index (χ4v) is 4.92. The molecule has 3 heterocycles. The number of aromatic nitrogens is 2. The second-order valence-corrected chi connectivity index (χ2v) is 7.82. The van der Waals surface area contributed by atoms with Crippen LogP contribution in [0.1, 0.15) is 23.9 Å². The molecule has 6 rings (SSSR count). The Labute approximate surface area is 170 Å². The van der Waals surface area contributed by atoms with Gasteiger partial charge in [-0.15, -0.1) is 0 Å². The van der Waals surface area contributed by atoms with Gasteiger partial charge < -0.3 is 14.4 Å². The van der Waals surface area contributed by atoms with Crippen molar-refractivity contribution in [2.75, 3.05) is 9.80 Å². The Balaban J connectivity index is 1.57. The zero-order valence-corrected chi connectivity index (χ0v) is 16.6. The Hall–Kier alpha value is -3.53. The lowest BCUT2D eigenvalue weighted by Gasteiger charge is -2.32. The van der Waals surface area contributed by atoms with E-state index in [0.29, 0.717) is 0 Å². The number of para-hydroxylation sites is 1. The first-order valence-electron chi connectivity index (χ1n) is 10.1. The van der Waals surface area contributed by atoms with Gasteiger partial charge in [-0.1, -0.05) is 42.5 Å². The van der Waals surface area contributed by atoms with Crippen molar-refractivity contribution in [3.05, 3.63) is 96.3 Å². The van der Waals surface area contributed by atoms with Crippen LogP contribution in [0.2, 0.25) is 0 Å². The molecule has 0 saturated carbocycles. The molecule has 1 aromatic heterocycles. The fourth-order valence-electron chi connectivity index (χ4n) is 4.92. The smallest absolute Gasteiger partial charge is 0.117 e. The first-order chi connectivity index (χ1) is 14.2. The number of benzene rings is 3. The van der Waals surface area contributed by atoms with Gasteiger partial charge in [0.05, 0.1) is 11.4 Å². The summed E-state index contributed by atoms with van der Waals surface area (Å²) in [5, 5.41) is 2.66. The summed E-state index contributed by atoms with van der Waals surface area (Å²) < 4.78 is 2.27. The lowest BCUT2D eigenvalue weighted by Crippen LogP contribution is -2.36. The van der Waals surface area contributed by atoms with Crippen LogP contribution >= 0.6 is 0 Å². The van der Waals surface area contributed by atoms with E-state index in [2.05, 4.69) is 106 Å². The monoisotopic (exact) mass is 378 g/mol. The van der Waals surface area contributed by atoms with E-state index in [-0.39, 0.29) is 6.17 Å². The van der Waals surface area contributed by atoms with Gasteiger partial charge in [-0.25, -0.2) is 4.98 Å². The predicted octanol–water partition coefficient (Wildman–Crippen LogP) is 5.38. The van der Waals surface area contributed by atoms with Crippen molar-refractivity contribution in [1.29, 1.82) is 0 Å². The lowest BCUT2D eigenvalue weighted by atomic mass is 9.95. The van der Waals surface area contributed by atoms with Crippen LogP contribution in [0.3, 0.4) is 0 Å². The second kappa shape index (κ2) is 5.98. The average Bonchev–Trinajstić information content (AvgIpc) is 3.45. The normalized spacial score (nSPS) is 17.2. The van der Waals surface area contributed by atoms with Crippen molar-refractivity contribution in [1.82, 2.24) is 9.55 Å². The maximum absolute atomic E-state index is 4.61. The molecule has 4 aromatic rings. The van der Waals surface area contributed by atoms with Gasteiger partial charge in [-0.3, -0.25) is 0 Å². The predicted molar refractivity (Wildman–Crippen MR) is 119 cm³/mol. The second-order valence-electron chi connectivity index (χ2n) is 7.82. The lowest BCUT2D eigenvalue weighted by molar-refractivity contribution is 0.746. The minimum atomic E-state index is 0.189. The Bertz CT molecular complexity index is 1270. The third-order valence-corrected chi connectivity index (χ3v) is 6.32. The van der Waals surface area contributed by atoms with E-state index in [0.717, 1.165) is 12.2 Å². The Kier molecular flexibility index (Phi) is 3.39. The number of imidazole rings is 1. The minimum absolute atomic E-state index is 0.189. The van der Waals surface area contributed by atoms with Crippen LogP contribution in [0.4, 0.5) is 11.4 Å². The van der Waals surface area contributed by atoms with Gasteiger partial charge in [0, 0.05) is 36.9 Å². The summed E-state index contributed by atoms with van der Waals surface area (Å²) in [7, 11) is 0. The van der Waals surface area contributed by atoms with Crippen molar-refractivity contribution in [3.8, 4) is 5.69 Å². The molecule has 0 N–H and O–H groups in total. The van der Waals surface area contributed by atoms with Crippen molar-refractivity contribution in [2.24, 2.45) is 0 Å². The molecule has 0 bridgehead atoms. The van der Waals surface area contributed by atoms with Gasteiger partial charge in [-0.2, -0.15) is 0 Å². The highest BCUT2D eigenvalue weighted by molar-refractivity contribution is 5.99. The SMILES string of the molecule is Cc1c(N2C=CN(c3ccccc3)[C@@H]2C)c2c(c3ccccc13)Cc1nccn1-2. The van der Waals surface area contributed by atoms with Crippen LogP contribution in [0.25, 0.3) is 16.5 Å². The first kappa shape index (κ1) is 16.4. The van der Waals surface area contributed by atoms with Crippen molar-refractivity contribution >= 4 is 22.1 Å². The molecule has 4 nitrogen and oxygen atoms in total. The number of rotatable bonds is 2. The number of nitrogens with zero attached hydrogens (tertiary/aromatic N) is 4. The first-order valence-corrected chi connectivity index (χ1v) is 10.1. The van der Waals surface area contributed by atoms with Crippen LogP contribution in [-0.4, -0.2) is 15.7 Å². The number of hydrogen-bond acceptors (Lipinski definition) is 3. The highest BCUT2D eigenvalue weighted by Crippen LogP contribution is 2.45. The molecule has 3 aromatic carbocycles. The molecule has 4 heteroatoms. The highest BCUT2D eigenvalue weighted by atomic mass is 15.4. The summed E-state index contributed by atoms with van der Waals surface area (Å²) >= 11 is 0. The molecule has 0 spiro atoms. The van der Waals surface area contributed by atoms with Crippen molar-refractivity contribution in [2.45, 2.75) is 26.4 Å². The van der Waals surface area contributed by atoms with E-state index < -0.39 is 0 Å². The van der Waals surface area contributed by atoms with E-state index >= 15 is 0 Å². The molecular formula is C25H22N4. The number of aryl methyl sites for hydroxylation is 1. The van der Waals surface area contributed by atoms with Crippen molar-refractivity contribution < 1.29 is 0 Å². The van der Waals surface area contributed by atoms with Gasteiger partial charge in [-0.05, 0) is 47.9 Å². The van der Waals surface area contributed by atoms with Crippen LogP contribution in [0.5, 0.6) is 0 Å². The summed E-state index contributed by atoms with van der Waals surface area (Å²) in [5.74, 6) is 1.12. The number of hydrogen-bond donors (Lipinski definition) is 0. The third-order valence-electron chi connectivity index (χ3n) is 6.32. The maximum Gasteiger partial charge on any atom is 0.117 e. The minimum Gasteiger partial charge on any atom is -0.326 e. The standard InChI is InChI=1S/C25H22N4/c1-17-20-10-6-7-11-21(20)22-16-23-26-12-13-29(23)25(22)24(17)28-15-14-27(18(28)2)19-8-4-3-5-9-19/h3-15,18H,16H2,1-2H3/t18-/m0/s1. The molecule has 0 saturated heterocycles.